The van der Waals surface area contributed by atoms with Gasteiger partial charge in [-0.1, -0.05) is 44.7 Å². The van der Waals surface area contributed by atoms with Crippen molar-refractivity contribution in [3.63, 3.8) is 0 Å². The summed E-state index contributed by atoms with van der Waals surface area (Å²) in [7, 11) is -5.22. The summed E-state index contributed by atoms with van der Waals surface area (Å²) < 4.78 is 45.4. The van der Waals surface area contributed by atoms with Crippen LogP contribution in [0.1, 0.15) is 49.4 Å². The van der Waals surface area contributed by atoms with E-state index >= 15 is 0 Å². The van der Waals surface area contributed by atoms with Crippen molar-refractivity contribution in [1.82, 2.24) is 10.2 Å². The first-order chi connectivity index (χ1) is 14.6. The molecule has 0 saturated carbocycles. The highest BCUT2D eigenvalue weighted by Crippen LogP contribution is 2.22. The molecule has 1 aromatic heterocycles. The fraction of sp³-hybridized carbons (Fsp3) is 0.450. The van der Waals surface area contributed by atoms with Crippen LogP contribution in [-0.4, -0.2) is 47.8 Å². The lowest BCUT2D eigenvalue weighted by atomic mass is 10.1. The summed E-state index contributed by atoms with van der Waals surface area (Å²) in [5.74, 6) is -0.221. The number of amides is 1. The van der Waals surface area contributed by atoms with Gasteiger partial charge in [-0.15, -0.1) is 10.2 Å². The van der Waals surface area contributed by atoms with E-state index in [-0.39, 0.29) is 27.8 Å². The van der Waals surface area contributed by atoms with Gasteiger partial charge in [0.25, 0.3) is 5.91 Å². The topological polar surface area (TPSA) is 133 Å². The second kappa shape index (κ2) is 10.7. The largest absolute Gasteiger partial charge is 0.305 e. The number of para-hydroxylation sites is 1. The Kier molecular flexibility index (Phi) is 8.52. The number of hydrogen-bond donors (Lipinski definition) is 2. The summed E-state index contributed by atoms with van der Waals surface area (Å²) in [6, 6.07) is 9.16. The maximum absolute atomic E-state index is 12.7. The summed E-state index contributed by atoms with van der Waals surface area (Å²) in [6.07, 6.45) is 5.95. The van der Waals surface area contributed by atoms with Crippen LogP contribution in [0, 0.1) is 4.78 Å². The van der Waals surface area contributed by atoms with Gasteiger partial charge in [0, 0.05) is 12.8 Å². The average Bonchev–Trinajstić information content (AvgIpc) is 2.72. The fourth-order valence-electron chi connectivity index (χ4n) is 2.88. The van der Waals surface area contributed by atoms with E-state index in [0.717, 1.165) is 36.2 Å². The van der Waals surface area contributed by atoms with Gasteiger partial charge >= 0.3 is 0 Å². The molecule has 0 fully saturated rings. The molecule has 0 aliphatic heterocycles. The minimum absolute atomic E-state index is 0.0817. The quantitative estimate of drug-likeness (QED) is 0.486. The van der Waals surface area contributed by atoms with Crippen molar-refractivity contribution < 1.29 is 17.4 Å². The number of nitrogens with zero attached hydrogens (tertiary/aromatic N) is 3. The molecule has 9 nitrogen and oxygen atoms in total. The maximum Gasteiger partial charge on any atom is 0.259 e. The Bertz CT molecular complexity index is 1100. The highest BCUT2D eigenvalue weighted by Gasteiger charge is 2.20. The van der Waals surface area contributed by atoms with Gasteiger partial charge in [0.15, 0.2) is 10.8 Å². The number of unbranched alkanes of at least 4 members (excludes halogenated alkanes) is 4. The fourth-order valence-corrected chi connectivity index (χ4v) is 4.68. The van der Waals surface area contributed by atoms with Gasteiger partial charge in [-0.3, -0.25) is 9.10 Å². The van der Waals surface area contributed by atoms with Gasteiger partial charge in [0.2, 0.25) is 10.0 Å². The summed E-state index contributed by atoms with van der Waals surface area (Å²) >= 11 is 0. The molecule has 1 heterocycles. The molecule has 170 valence electrons. The zero-order valence-corrected chi connectivity index (χ0v) is 19.6. The Hall–Kier alpha value is -2.53. The van der Waals surface area contributed by atoms with E-state index in [4.69, 9.17) is 4.78 Å². The molecule has 0 radical (unpaired) electrons. The predicted octanol–water partition coefficient (Wildman–Crippen LogP) is 3.50. The molecule has 1 amide bonds. The Labute approximate surface area is 184 Å². The second-order valence-electron chi connectivity index (χ2n) is 7.25. The molecule has 1 unspecified atom stereocenters. The van der Waals surface area contributed by atoms with Crippen molar-refractivity contribution in [2.24, 2.45) is 0 Å². The van der Waals surface area contributed by atoms with E-state index in [1.165, 1.54) is 31.3 Å². The number of carbonyl (C=O) groups is 1. The first kappa shape index (κ1) is 24.7. The van der Waals surface area contributed by atoms with Gasteiger partial charge in [0.05, 0.1) is 27.2 Å². The number of benzene rings is 1. The van der Waals surface area contributed by atoms with Gasteiger partial charge in [0.1, 0.15) is 0 Å². The number of sulfonamides is 1. The predicted molar refractivity (Wildman–Crippen MR) is 122 cm³/mol. The number of rotatable bonds is 11. The zero-order chi connectivity index (χ0) is 23.1. The van der Waals surface area contributed by atoms with Crippen LogP contribution in [0.3, 0.4) is 0 Å². The average molecular weight is 468 g/mol. The van der Waals surface area contributed by atoms with Crippen molar-refractivity contribution in [1.29, 1.82) is 4.78 Å². The number of carbonyl (C=O) groups excluding carboxylic acids is 1. The van der Waals surface area contributed by atoms with E-state index < -0.39 is 25.7 Å². The van der Waals surface area contributed by atoms with Crippen LogP contribution in [0.2, 0.25) is 0 Å². The molecule has 1 aromatic carbocycles. The monoisotopic (exact) mass is 467 g/mol. The van der Waals surface area contributed by atoms with E-state index in [1.807, 2.05) is 0 Å². The molecule has 0 spiro atoms. The van der Waals surface area contributed by atoms with Crippen molar-refractivity contribution in [3.05, 3.63) is 42.0 Å². The first-order valence-electron chi connectivity index (χ1n) is 10.0. The molecule has 2 aromatic rings. The SMILES string of the molecule is CCCCCCCS(=N)(=O)c1ccc(NC(=O)c2ccccc2N(C)S(C)(=O)=O)nn1. The Morgan fingerprint density at radius 3 is 2.32 bits per heavy atom. The summed E-state index contributed by atoms with van der Waals surface area (Å²) in [5, 5.41) is 10.4. The maximum atomic E-state index is 12.7. The Balaban J connectivity index is 2.10. The standard InChI is InChI=1S/C20H29N5O4S2/c1-4-5-6-7-10-15-31(21,29)19-14-13-18(23-24-19)22-20(26)16-11-8-9-12-17(16)25(2)30(3,27)28/h8-9,11-14,21H,4-7,10,15H2,1-3H3,(H,22,23,26). The molecule has 0 aliphatic rings. The van der Waals surface area contributed by atoms with Crippen molar-refractivity contribution >= 4 is 37.2 Å². The van der Waals surface area contributed by atoms with Crippen LogP contribution in [0.25, 0.3) is 0 Å². The molecule has 2 rings (SSSR count). The number of nitrogens with one attached hydrogen (secondary N) is 2. The van der Waals surface area contributed by atoms with Gasteiger partial charge in [-0.2, -0.15) is 0 Å². The number of hydrogen-bond acceptors (Lipinski definition) is 7. The smallest absolute Gasteiger partial charge is 0.259 e. The van der Waals surface area contributed by atoms with Crippen LogP contribution in [0.15, 0.2) is 41.4 Å². The Morgan fingerprint density at radius 1 is 1.03 bits per heavy atom. The minimum atomic E-state index is -3.55. The molecule has 31 heavy (non-hydrogen) atoms. The van der Waals surface area contributed by atoms with Crippen LogP contribution < -0.4 is 9.62 Å². The second-order valence-corrected chi connectivity index (χ2v) is 11.4. The molecule has 11 heteroatoms. The molecule has 0 saturated heterocycles. The van der Waals surface area contributed by atoms with Crippen molar-refractivity contribution in [2.45, 2.75) is 44.1 Å². The van der Waals surface area contributed by atoms with E-state index in [1.54, 1.807) is 12.1 Å². The molecule has 0 aliphatic carbocycles. The zero-order valence-electron chi connectivity index (χ0n) is 18.0. The van der Waals surface area contributed by atoms with Gasteiger partial charge in [-0.05, 0) is 30.7 Å². The van der Waals surface area contributed by atoms with Crippen LogP contribution in [0.5, 0.6) is 0 Å². The van der Waals surface area contributed by atoms with E-state index in [2.05, 4.69) is 22.4 Å². The summed E-state index contributed by atoms with van der Waals surface area (Å²) in [6.45, 7) is 2.12. The summed E-state index contributed by atoms with van der Waals surface area (Å²) in [5.41, 5.74) is 0.377. The van der Waals surface area contributed by atoms with Crippen LogP contribution in [0.4, 0.5) is 11.5 Å². The summed E-state index contributed by atoms with van der Waals surface area (Å²) in [4.78, 5) is 12.7. The van der Waals surface area contributed by atoms with Crippen LogP contribution >= 0.6 is 0 Å². The lowest BCUT2D eigenvalue weighted by Crippen LogP contribution is -2.27. The van der Waals surface area contributed by atoms with Crippen molar-refractivity contribution in [3.8, 4) is 0 Å². The molecule has 1 atom stereocenters. The first-order valence-corrected chi connectivity index (χ1v) is 13.6. The van der Waals surface area contributed by atoms with E-state index in [9.17, 15) is 17.4 Å². The normalized spacial score (nSPS) is 13.4. The van der Waals surface area contributed by atoms with Gasteiger partial charge in [-0.25, -0.2) is 17.4 Å². The van der Waals surface area contributed by atoms with Crippen LogP contribution in [-0.2, 0) is 19.8 Å². The number of anilines is 2. The third-order valence-corrected chi connectivity index (χ3v) is 7.69. The third-order valence-electron chi connectivity index (χ3n) is 4.74. The van der Waals surface area contributed by atoms with Gasteiger partial charge < -0.3 is 5.32 Å². The lowest BCUT2D eigenvalue weighted by Gasteiger charge is -2.19. The van der Waals surface area contributed by atoms with E-state index in [0.29, 0.717) is 6.42 Å². The molecule has 0 bridgehead atoms. The lowest BCUT2D eigenvalue weighted by molar-refractivity contribution is 0.102. The molecular weight excluding hydrogens is 438 g/mol. The Morgan fingerprint density at radius 2 is 1.71 bits per heavy atom. The third kappa shape index (κ3) is 7.00. The highest BCUT2D eigenvalue weighted by molar-refractivity contribution is 7.92. The molecular formula is C20H29N5O4S2. The minimum Gasteiger partial charge on any atom is -0.305 e. The highest BCUT2D eigenvalue weighted by atomic mass is 32.2. The number of aromatic nitrogens is 2. The van der Waals surface area contributed by atoms with Crippen molar-refractivity contribution in [2.75, 3.05) is 28.7 Å². The molecule has 2 N–H and O–H groups in total.